The highest BCUT2D eigenvalue weighted by Gasteiger charge is 2.25. The van der Waals surface area contributed by atoms with Crippen molar-refractivity contribution in [3.63, 3.8) is 0 Å². The molecule has 0 aromatic heterocycles. The van der Waals surface area contributed by atoms with Crippen LogP contribution in [0, 0.1) is 5.92 Å². The predicted molar refractivity (Wildman–Crippen MR) is 54.8 cm³/mol. The highest BCUT2D eigenvalue weighted by Crippen LogP contribution is 2.17. The second-order valence-corrected chi connectivity index (χ2v) is 3.33. The van der Waals surface area contributed by atoms with E-state index in [0.717, 1.165) is 19.5 Å². The average molecular weight is 189 g/mol. The van der Waals surface area contributed by atoms with Crippen molar-refractivity contribution in [2.24, 2.45) is 5.92 Å². The number of rotatable bonds is 3. The lowest BCUT2D eigenvalue weighted by Crippen LogP contribution is -2.27. The van der Waals surface area contributed by atoms with Crippen molar-refractivity contribution >= 4 is 0 Å². The molecule has 1 aliphatic rings. The van der Waals surface area contributed by atoms with Crippen LogP contribution in [0.3, 0.4) is 0 Å². The van der Waals surface area contributed by atoms with Gasteiger partial charge in [-0.25, -0.2) is 0 Å². The second kappa shape index (κ2) is 7.30. The van der Waals surface area contributed by atoms with Crippen molar-refractivity contribution in [3.05, 3.63) is 0 Å². The molecular formula is C10H23NO2. The van der Waals surface area contributed by atoms with Gasteiger partial charge in [-0.1, -0.05) is 13.8 Å². The zero-order chi connectivity index (χ0) is 10.3. The summed E-state index contributed by atoms with van der Waals surface area (Å²) in [6.07, 6.45) is 0.825. The van der Waals surface area contributed by atoms with Crippen LogP contribution in [0.1, 0.15) is 20.3 Å². The van der Waals surface area contributed by atoms with Crippen molar-refractivity contribution < 1.29 is 9.84 Å². The van der Waals surface area contributed by atoms with E-state index in [-0.39, 0.29) is 6.10 Å². The van der Waals surface area contributed by atoms with Crippen molar-refractivity contribution in [1.82, 2.24) is 4.90 Å². The summed E-state index contributed by atoms with van der Waals surface area (Å²) in [6, 6.07) is 0. The molecule has 3 heteroatoms. The lowest BCUT2D eigenvalue weighted by atomic mass is 10.0. The molecular weight excluding hydrogens is 166 g/mol. The lowest BCUT2D eigenvalue weighted by molar-refractivity contribution is 0.0285. The van der Waals surface area contributed by atoms with Crippen molar-refractivity contribution in [2.45, 2.75) is 26.4 Å². The Morgan fingerprint density at radius 2 is 2.15 bits per heavy atom. The molecule has 0 amide bonds. The van der Waals surface area contributed by atoms with Crippen molar-refractivity contribution in [2.75, 3.05) is 33.9 Å². The van der Waals surface area contributed by atoms with Gasteiger partial charge in [0.2, 0.25) is 0 Å². The first kappa shape index (κ1) is 12.9. The summed E-state index contributed by atoms with van der Waals surface area (Å²) in [5.41, 5.74) is 0. The highest BCUT2D eigenvalue weighted by atomic mass is 16.5. The lowest BCUT2D eigenvalue weighted by Gasteiger charge is -2.16. The van der Waals surface area contributed by atoms with Gasteiger partial charge in [-0.3, -0.25) is 0 Å². The molecule has 1 N–H and O–H groups in total. The summed E-state index contributed by atoms with van der Waals surface area (Å²) >= 11 is 0. The minimum atomic E-state index is -0.273. The Hall–Kier alpha value is -0.120. The number of methoxy groups -OCH3 is 1. The zero-order valence-corrected chi connectivity index (χ0v) is 9.29. The number of hydrogen-bond donors (Lipinski definition) is 1. The number of ether oxygens (including phenoxy) is 1. The van der Waals surface area contributed by atoms with Gasteiger partial charge in [-0.15, -0.1) is 0 Å². The van der Waals surface area contributed by atoms with Gasteiger partial charge in [-0.05, 0) is 20.0 Å². The Morgan fingerprint density at radius 1 is 1.54 bits per heavy atom. The SMILES string of the molecule is CC.COCC(O)C1CCN(C)C1. The van der Waals surface area contributed by atoms with Crippen LogP contribution >= 0.6 is 0 Å². The fourth-order valence-electron chi connectivity index (χ4n) is 1.59. The van der Waals surface area contributed by atoms with Gasteiger partial charge in [0, 0.05) is 19.6 Å². The van der Waals surface area contributed by atoms with E-state index in [1.54, 1.807) is 7.11 Å². The van der Waals surface area contributed by atoms with Gasteiger partial charge in [-0.2, -0.15) is 0 Å². The van der Waals surface area contributed by atoms with Gasteiger partial charge in [0.25, 0.3) is 0 Å². The van der Waals surface area contributed by atoms with Crippen LogP contribution in [-0.4, -0.2) is 50.0 Å². The Bertz CT molecular complexity index is 119. The molecule has 13 heavy (non-hydrogen) atoms. The maximum absolute atomic E-state index is 9.52. The number of nitrogens with zero attached hydrogens (tertiary/aromatic N) is 1. The Balaban J connectivity index is 0.000000671. The largest absolute Gasteiger partial charge is 0.390 e. The molecule has 1 aliphatic heterocycles. The summed E-state index contributed by atoms with van der Waals surface area (Å²) in [6.45, 7) is 6.58. The van der Waals surface area contributed by atoms with Crippen molar-refractivity contribution in [1.29, 1.82) is 0 Å². The zero-order valence-electron chi connectivity index (χ0n) is 9.29. The molecule has 1 saturated heterocycles. The predicted octanol–water partition coefficient (Wildman–Crippen LogP) is 0.972. The molecule has 0 aromatic rings. The van der Waals surface area contributed by atoms with E-state index >= 15 is 0 Å². The number of aliphatic hydroxyl groups is 1. The first-order valence-electron chi connectivity index (χ1n) is 5.09. The van der Waals surface area contributed by atoms with Crippen LogP contribution in [0.2, 0.25) is 0 Å². The molecule has 3 nitrogen and oxygen atoms in total. The molecule has 0 radical (unpaired) electrons. The molecule has 1 heterocycles. The van der Waals surface area contributed by atoms with E-state index in [4.69, 9.17) is 4.74 Å². The van der Waals surface area contributed by atoms with E-state index in [9.17, 15) is 5.11 Å². The van der Waals surface area contributed by atoms with Gasteiger partial charge >= 0.3 is 0 Å². The van der Waals surface area contributed by atoms with Gasteiger partial charge in [0.1, 0.15) is 0 Å². The Morgan fingerprint density at radius 3 is 2.54 bits per heavy atom. The van der Waals surface area contributed by atoms with E-state index < -0.39 is 0 Å². The molecule has 0 bridgehead atoms. The molecule has 0 aromatic carbocycles. The van der Waals surface area contributed by atoms with Crippen LogP contribution in [0.15, 0.2) is 0 Å². The molecule has 80 valence electrons. The quantitative estimate of drug-likeness (QED) is 0.718. The van der Waals surface area contributed by atoms with Crippen LogP contribution in [0.25, 0.3) is 0 Å². The molecule has 1 fully saturated rings. The third-order valence-corrected chi connectivity index (χ3v) is 2.31. The minimum absolute atomic E-state index is 0.273. The number of hydrogen-bond acceptors (Lipinski definition) is 3. The summed E-state index contributed by atoms with van der Waals surface area (Å²) in [7, 11) is 3.71. The number of aliphatic hydroxyl groups excluding tert-OH is 1. The van der Waals surface area contributed by atoms with Gasteiger partial charge in [0.05, 0.1) is 12.7 Å². The Labute approximate surface area is 81.7 Å². The normalized spacial score (nSPS) is 25.2. The smallest absolute Gasteiger partial charge is 0.0814 e. The van der Waals surface area contributed by atoms with Crippen LogP contribution < -0.4 is 0 Å². The first-order chi connectivity index (χ1) is 6.24. The second-order valence-electron chi connectivity index (χ2n) is 3.33. The fraction of sp³-hybridized carbons (Fsp3) is 1.00. The summed E-state index contributed by atoms with van der Waals surface area (Å²) in [5, 5.41) is 9.52. The Kier molecular flexibility index (Phi) is 7.23. The summed E-state index contributed by atoms with van der Waals surface area (Å²) in [4.78, 5) is 2.24. The average Bonchev–Trinajstić information content (AvgIpc) is 2.56. The standard InChI is InChI=1S/C8H17NO2.C2H6/c1-9-4-3-7(5-9)8(10)6-11-2;1-2/h7-8,10H,3-6H2,1-2H3;1-2H3. The van der Waals surface area contributed by atoms with E-state index in [2.05, 4.69) is 11.9 Å². The number of likely N-dealkylation sites (tertiary alicyclic amines) is 1. The fourth-order valence-corrected chi connectivity index (χ4v) is 1.59. The maximum Gasteiger partial charge on any atom is 0.0814 e. The molecule has 0 saturated carbocycles. The first-order valence-corrected chi connectivity index (χ1v) is 5.09. The van der Waals surface area contributed by atoms with Crippen molar-refractivity contribution in [3.8, 4) is 0 Å². The van der Waals surface area contributed by atoms with E-state index in [1.165, 1.54) is 0 Å². The molecule has 1 rings (SSSR count). The minimum Gasteiger partial charge on any atom is -0.390 e. The van der Waals surface area contributed by atoms with Gasteiger partial charge in [0.15, 0.2) is 0 Å². The third kappa shape index (κ3) is 4.60. The topological polar surface area (TPSA) is 32.7 Å². The molecule has 2 unspecified atom stereocenters. The highest BCUT2D eigenvalue weighted by molar-refractivity contribution is 4.78. The third-order valence-electron chi connectivity index (χ3n) is 2.31. The summed E-state index contributed by atoms with van der Waals surface area (Å²) in [5.74, 6) is 0.417. The molecule has 0 aliphatic carbocycles. The van der Waals surface area contributed by atoms with Crippen LogP contribution in [0.5, 0.6) is 0 Å². The molecule has 0 spiro atoms. The van der Waals surface area contributed by atoms with E-state index in [1.807, 2.05) is 13.8 Å². The maximum atomic E-state index is 9.52. The van der Waals surface area contributed by atoms with E-state index in [0.29, 0.717) is 12.5 Å². The van der Waals surface area contributed by atoms with Crippen LogP contribution in [-0.2, 0) is 4.74 Å². The van der Waals surface area contributed by atoms with Crippen LogP contribution in [0.4, 0.5) is 0 Å². The molecule has 2 atom stereocenters. The van der Waals surface area contributed by atoms with Gasteiger partial charge < -0.3 is 14.7 Å². The monoisotopic (exact) mass is 189 g/mol. The summed E-state index contributed by atoms with van der Waals surface area (Å²) < 4.78 is 4.88.